The second-order valence-electron chi connectivity index (χ2n) is 7.71. The lowest BCUT2D eigenvalue weighted by Crippen LogP contribution is -2.42. The van der Waals surface area contributed by atoms with Gasteiger partial charge in [-0.15, -0.1) is 0 Å². The van der Waals surface area contributed by atoms with Gasteiger partial charge in [-0.3, -0.25) is 0 Å². The second-order valence-corrected chi connectivity index (χ2v) is 8.22. The standard InChI is InChI=1S/C18H25IO2/c1-18-9-8-14-13-5-3-12(20)10-11(13)2-4-15(14)16(18)6-7-17(18)21-19/h10,12,15-17,20H,2-9H2,1H3/t12?,15-,16+,17+,18+/m1/s1. The molecule has 0 aliphatic heterocycles. The molecule has 2 nitrogen and oxygen atoms in total. The molecule has 21 heavy (non-hydrogen) atoms. The van der Waals surface area contributed by atoms with E-state index in [0.29, 0.717) is 11.5 Å². The maximum atomic E-state index is 9.89. The first-order chi connectivity index (χ1) is 10.1. The van der Waals surface area contributed by atoms with E-state index in [9.17, 15) is 5.11 Å². The zero-order chi connectivity index (χ0) is 14.6. The summed E-state index contributed by atoms with van der Waals surface area (Å²) in [5.74, 6) is 1.62. The van der Waals surface area contributed by atoms with Gasteiger partial charge in [-0.05, 0) is 79.8 Å². The first kappa shape index (κ1) is 14.7. The molecule has 0 heterocycles. The molecule has 1 unspecified atom stereocenters. The van der Waals surface area contributed by atoms with E-state index in [0.717, 1.165) is 24.7 Å². The molecule has 4 aliphatic carbocycles. The van der Waals surface area contributed by atoms with Crippen LogP contribution in [0.5, 0.6) is 0 Å². The van der Waals surface area contributed by atoms with E-state index in [1.807, 2.05) is 0 Å². The topological polar surface area (TPSA) is 29.5 Å². The van der Waals surface area contributed by atoms with E-state index in [1.54, 1.807) is 11.1 Å². The van der Waals surface area contributed by atoms with Gasteiger partial charge in [0.05, 0.1) is 12.2 Å². The third-order valence-corrected chi connectivity index (χ3v) is 7.49. The summed E-state index contributed by atoms with van der Waals surface area (Å²) < 4.78 is 5.79. The van der Waals surface area contributed by atoms with Gasteiger partial charge in [-0.1, -0.05) is 18.6 Å². The third-order valence-electron chi connectivity index (χ3n) is 6.88. The molecule has 0 spiro atoms. The van der Waals surface area contributed by atoms with Crippen molar-refractivity contribution >= 4 is 23.0 Å². The van der Waals surface area contributed by atoms with Crippen LogP contribution in [-0.4, -0.2) is 17.3 Å². The van der Waals surface area contributed by atoms with Crippen molar-refractivity contribution in [1.29, 1.82) is 0 Å². The Bertz CT molecular complexity index is 509. The van der Waals surface area contributed by atoms with Gasteiger partial charge < -0.3 is 8.17 Å². The van der Waals surface area contributed by atoms with Crippen molar-refractivity contribution in [3.63, 3.8) is 0 Å². The van der Waals surface area contributed by atoms with Crippen molar-refractivity contribution in [3.8, 4) is 0 Å². The Morgan fingerprint density at radius 1 is 1.19 bits per heavy atom. The van der Waals surface area contributed by atoms with Gasteiger partial charge in [0.25, 0.3) is 0 Å². The van der Waals surface area contributed by atoms with Crippen LogP contribution in [-0.2, 0) is 3.07 Å². The molecular formula is C18H25IO2. The van der Waals surface area contributed by atoms with Gasteiger partial charge >= 0.3 is 0 Å². The first-order valence-corrected chi connectivity index (χ1v) is 9.40. The largest absolute Gasteiger partial charge is 0.389 e. The van der Waals surface area contributed by atoms with Crippen molar-refractivity contribution in [1.82, 2.24) is 0 Å². The summed E-state index contributed by atoms with van der Waals surface area (Å²) in [5.41, 5.74) is 5.27. The van der Waals surface area contributed by atoms with Gasteiger partial charge in [-0.25, -0.2) is 0 Å². The van der Waals surface area contributed by atoms with Gasteiger partial charge in [0.15, 0.2) is 0 Å². The average molecular weight is 400 g/mol. The van der Waals surface area contributed by atoms with E-state index >= 15 is 0 Å². The number of halogens is 1. The molecule has 1 N–H and O–H groups in total. The molecule has 2 saturated carbocycles. The summed E-state index contributed by atoms with van der Waals surface area (Å²) in [7, 11) is 0. The summed E-state index contributed by atoms with van der Waals surface area (Å²) in [6.45, 7) is 2.48. The van der Waals surface area contributed by atoms with Crippen molar-refractivity contribution in [2.75, 3.05) is 0 Å². The van der Waals surface area contributed by atoms with E-state index in [-0.39, 0.29) is 6.10 Å². The third kappa shape index (κ3) is 2.18. The van der Waals surface area contributed by atoms with Crippen LogP contribution in [0.2, 0.25) is 0 Å². The minimum absolute atomic E-state index is 0.196. The molecule has 0 amide bonds. The molecule has 0 aromatic heterocycles. The lowest BCUT2D eigenvalue weighted by molar-refractivity contribution is 0.0404. The van der Waals surface area contributed by atoms with Crippen LogP contribution in [0.4, 0.5) is 0 Å². The number of rotatable bonds is 1. The SMILES string of the molecule is C[C@]12CCC3=C4CCC(O)C=C4CC[C@H]3[C@@H]1CC[C@@H]2OI. The normalized spacial score (nSPS) is 45.8. The van der Waals surface area contributed by atoms with Crippen LogP contribution in [0.1, 0.15) is 58.3 Å². The predicted molar refractivity (Wildman–Crippen MR) is 92.0 cm³/mol. The van der Waals surface area contributed by atoms with Gasteiger partial charge in [0.1, 0.15) is 23.0 Å². The molecule has 3 heteroatoms. The molecule has 2 fully saturated rings. The van der Waals surface area contributed by atoms with E-state index in [4.69, 9.17) is 3.07 Å². The molecule has 0 aromatic rings. The van der Waals surface area contributed by atoms with Crippen LogP contribution < -0.4 is 0 Å². The summed E-state index contributed by atoms with van der Waals surface area (Å²) in [6.07, 6.45) is 12.0. The molecule has 4 aliphatic rings. The van der Waals surface area contributed by atoms with Gasteiger partial charge in [0, 0.05) is 0 Å². The Balaban J connectivity index is 1.70. The Morgan fingerprint density at radius 3 is 2.86 bits per heavy atom. The average Bonchev–Trinajstić information content (AvgIpc) is 2.83. The fraction of sp³-hybridized carbons (Fsp3) is 0.778. The number of allylic oxidation sites excluding steroid dienone is 3. The lowest BCUT2D eigenvalue weighted by atomic mass is 9.57. The van der Waals surface area contributed by atoms with Gasteiger partial charge in [-0.2, -0.15) is 0 Å². The van der Waals surface area contributed by atoms with Crippen molar-refractivity contribution in [2.24, 2.45) is 17.3 Å². The van der Waals surface area contributed by atoms with Crippen molar-refractivity contribution in [3.05, 3.63) is 22.8 Å². The molecule has 5 atom stereocenters. The fourth-order valence-corrected chi connectivity index (χ4v) is 6.58. The molecule has 0 saturated heterocycles. The zero-order valence-electron chi connectivity index (χ0n) is 12.8. The molecule has 116 valence electrons. The summed E-state index contributed by atoms with van der Waals surface area (Å²) in [6, 6.07) is 0. The van der Waals surface area contributed by atoms with Crippen LogP contribution in [0.3, 0.4) is 0 Å². The molecular weight excluding hydrogens is 375 g/mol. The van der Waals surface area contributed by atoms with Crippen LogP contribution in [0.15, 0.2) is 22.8 Å². The molecule has 4 rings (SSSR count). The highest BCUT2D eigenvalue weighted by Gasteiger charge is 2.54. The highest BCUT2D eigenvalue weighted by Crippen LogP contribution is 2.60. The Morgan fingerprint density at radius 2 is 2.05 bits per heavy atom. The second kappa shape index (κ2) is 5.34. The van der Waals surface area contributed by atoms with E-state index in [1.165, 1.54) is 44.1 Å². The summed E-state index contributed by atoms with van der Waals surface area (Å²) >= 11 is 2.12. The van der Waals surface area contributed by atoms with Crippen molar-refractivity contribution in [2.45, 2.75) is 70.5 Å². The minimum atomic E-state index is -0.196. The first-order valence-electron chi connectivity index (χ1n) is 8.52. The predicted octanol–water partition coefficient (Wildman–Crippen LogP) is 4.72. The zero-order valence-corrected chi connectivity index (χ0v) is 14.9. The molecule has 0 aromatic carbocycles. The number of hydrogen-bond donors (Lipinski definition) is 1. The fourth-order valence-electron chi connectivity index (χ4n) is 5.75. The summed E-state index contributed by atoms with van der Waals surface area (Å²) in [5, 5.41) is 9.89. The Labute approximate surface area is 141 Å². The maximum absolute atomic E-state index is 9.89. The van der Waals surface area contributed by atoms with Crippen LogP contribution in [0, 0.1) is 17.3 Å². The monoisotopic (exact) mass is 400 g/mol. The van der Waals surface area contributed by atoms with Crippen LogP contribution in [0.25, 0.3) is 0 Å². The highest BCUT2D eigenvalue weighted by atomic mass is 127. The smallest absolute Gasteiger partial charge is 0.110 e. The lowest BCUT2D eigenvalue weighted by Gasteiger charge is -2.48. The van der Waals surface area contributed by atoms with E-state index < -0.39 is 0 Å². The van der Waals surface area contributed by atoms with Crippen molar-refractivity contribution < 1.29 is 8.17 Å². The maximum Gasteiger partial charge on any atom is 0.110 e. The molecule has 0 radical (unpaired) electrons. The quantitative estimate of drug-likeness (QED) is 0.646. The van der Waals surface area contributed by atoms with Crippen LogP contribution >= 0.6 is 23.0 Å². The highest BCUT2D eigenvalue weighted by molar-refractivity contribution is 14.1. The Hall–Kier alpha value is 0.130. The number of hydrogen-bond acceptors (Lipinski definition) is 2. The van der Waals surface area contributed by atoms with Gasteiger partial charge in [0.2, 0.25) is 0 Å². The number of aliphatic hydroxyl groups excluding tert-OH is 1. The number of aliphatic hydroxyl groups is 1. The molecule has 0 bridgehead atoms. The Kier molecular flexibility index (Phi) is 3.74. The minimum Gasteiger partial charge on any atom is -0.389 e. The summed E-state index contributed by atoms with van der Waals surface area (Å²) in [4.78, 5) is 0. The van der Waals surface area contributed by atoms with E-state index in [2.05, 4.69) is 36.0 Å². The number of fused-ring (bicyclic) bond motifs is 4.